The monoisotopic (exact) mass is 331 g/mol. The number of hydrogen-bond acceptors (Lipinski definition) is 3. The fourth-order valence-electron chi connectivity index (χ4n) is 3.15. The zero-order valence-corrected chi connectivity index (χ0v) is 13.6. The van der Waals surface area contributed by atoms with Crippen LogP contribution >= 0.6 is 24.8 Å². The molecule has 4 nitrogen and oxygen atoms in total. The summed E-state index contributed by atoms with van der Waals surface area (Å²) < 4.78 is 0. The van der Waals surface area contributed by atoms with Crippen LogP contribution in [0, 0.1) is 5.92 Å². The number of amides is 1. The van der Waals surface area contributed by atoms with Crippen molar-refractivity contribution < 1.29 is 4.79 Å². The van der Waals surface area contributed by atoms with Crippen LogP contribution in [0.1, 0.15) is 24.3 Å². The summed E-state index contributed by atoms with van der Waals surface area (Å²) in [5.41, 5.74) is 6.82. The summed E-state index contributed by atoms with van der Waals surface area (Å²) in [6.45, 7) is 4.18. The zero-order valence-electron chi connectivity index (χ0n) is 12.0. The standard InChI is InChI=1S/C15H21N3O.2ClH/c16-15(19)13-7-10-18(17-8-4-9-17)11-14(13)12-5-2-1-3-6-12;;/h1-3,5-6,13-14H,4,7-11H2,(H2,16,19);2*1H. The van der Waals surface area contributed by atoms with Crippen LogP contribution in [-0.4, -0.2) is 42.1 Å². The summed E-state index contributed by atoms with van der Waals surface area (Å²) in [6.07, 6.45) is 2.15. The maximum Gasteiger partial charge on any atom is 0.221 e. The molecule has 6 heteroatoms. The Kier molecular flexibility index (Phi) is 6.94. The summed E-state index contributed by atoms with van der Waals surface area (Å²) in [5.74, 6) is 0.0464. The van der Waals surface area contributed by atoms with Crippen molar-refractivity contribution in [3.63, 3.8) is 0 Å². The normalized spacial score (nSPS) is 26.1. The minimum atomic E-state index is -0.155. The molecular formula is C15H23Cl2N3O. The highest BCUT2D eigenvalue weighted by Gasteiger charge is 2.36. The molecule has 21 heavy (non-hydrogen) atoms. The highest BCUT2D eigenvalue weighted by Crippen LogP contribution is 2.33. The summed E-state index contributed by atoms with van der Waals surface area (Å²) in [5, 5.41) is 4.80. The van der Waals surface area contributed by atoms with Gasteiger partial charge in [0.25, 0.3) is 0 Å². The molecule has 1 aromatic rings. The molecular weight excluding hydrogens is 309 g/mol. The van der Waals surface area contributed by atoms with Gasteiger partial charge in [-0.15, -0.1) is 24.8 Å². The molecule has 0 bridgehead atoms. The highest BCUT2D eigenvalue weighted by molar-refractivity contribution is 5.85. The van der Waals surface area contributed by atoms with Gasteiger partial charge in [-0.3, -0.25) is 4.79 Å². The predicted octanol–water partition coefficient (Wildman–Crippen LogP) is 2.04. The van der Waals surface area contributed by atoms with E-state index in [2.05, 4.69) is 22.2 Å². The van der Waals surface area contributed by atoms with Crippen LogP contribution < -0.4 is 5.73 Å². The van der Waals surface area contributed by atoms with Crippen LogP contribution in [-0.2, 0) is 4.79 Å². The molecule has 2 aliphatic rings. The van der Waals surface area contributed by atoms with Gasteiger partial charge in [0.2, 0.25) is 5.91 Å². The van der Waals surface area contributed by atoms with Gasteiger partial charge < -0.3 is 5.73 Å². The number of halogens is 2. The molecule has 1 amide bonds. The van der Waals surface area contributed by atoms with Gasteiger partial charge in [0, 0.05) is 38.0 Å². The Morgan fingerprint density at radius 2 is 1.71 bits per heavy atom. The number of nitrogens with two attached hydrogens (primary N) is 1. The number of carbonyl (C=O) groups is 1. The number of hydrogen-bond donors (Lipinski definition) is 1. The van der Waals surface area contributed by atoms with Crippen molar-refractivity contribution in [3.8, 4) is 0 Å². The third-order valence-electron chi connectivity index (χ3n) is 4.42. The summed E-state index contributed by atoms with van der Waals surface area (Å²) >= 11 is 0. The fraction of sp³-hybridized carbons (Fsp3) is 0.533. The molecule has 2 aliphatic heterocycles. The van der Waals surface area contributed by atoms with E-state index >= 15 is 0 Å². The minimum absolute atomic E-state index is 0. The van der Waals surface area contributed by atoms with Crippen molar-refractivity contribution in [1.29, 1.82) is 0 Å². The Morgan fingerprint density at radius 3 is 2.24 bits per heavy atom. The molecule has 2 atom stereocenters. The lowest BCUT2D eigenvalue weighted by Gasteiger charge is -2.46. The Bertz CT molecular complexity index is 453. The number of piperidine rings is 1. The number of nitrogens with zero attached hydrogens (tertiary/aromatic N) is 2. The van der Waals surface area contributed by atoms with Gasteiger partial charge in [-0.25, -0.2) is 10.0 Å². The first-order chi connectivity index (χ1) is 9.25. The number of carbonyl (C=O) groups excluding carboxylic acids is 1. The topological polar surface area (TPSA) is 49.6 Å². The fourth-order valence-corrected chi connectivity index (χ4v) is 3.15. The second kappa shape index (κ2) is 7.99. The summed E-state index contributed by atoms with van der Waals surface area (Å²) in [7, 11) is 0. The molecule has 2 saturated heterocycles. The molecule has 0 radical (unpaired) electrons. The highest BCUT2D eigenvalue weighted by atomic mass is 35.5. The van der Waals surface area contributed by atoms with E-state index in [9.17, 15) is 4.79 Å². The van der Waals surface area contributed by atoms with Gasteiger partial charge in [0.15, 0.2) is 0 Å². The smallest absolute Gasteiger partial charge is 0.221 e. The van der Waals surface area contributed by atoms with Crippen LogP contribution in [0.5, 0.6) is 0 Å². The molecule has 2 unspecified atom stereocenters. The lowest BCUT2D eigenvalue weighted by atomic mass is 9.80. The van der Waals surface area contributed by atoms with Crippen LogP contribution in [0.2, 0.25) is 0 Å². The first-order valence-electron chi connectivity index (χ1n) is 7.10. The van der Waals surface area contributed by atoms with E-state index in [1.54, 1.807) is 0 Å². The lowest BCUT2D eigenvalue weighted by Crippen LogP contribution is -2.56. The molecule has 3 rings (SSSR count). The van der Waals surface area contributed by atoms with Crippen LogP contribution in [0.15, 0.2) is 30.3 Å². The molecule has 0 spiro atoms. The van der Waals surface area contributed by atoms with Crippen molar-refractivity contribution >= 4 is 30.7 Å². The first kappa shape index (κ1) is 18.2. The molecule has 0 aromatic heterocycles. The van der Waals surface area contributed by atoms with Crippen LogP contribution in [0.4, 0.5) is 0 Å². The maximum atomic E-state index is 11.7. The molecule has 2 fully saturated rings. The van der Waals surface area contributed by atoms with Crippen LogP contribution in [0.3, 0.4) is 0 Å². The van der Waals surface area contributed by atoms with Crippen molar-refractivity contribution in [2.24, 2.45) is 11.7 Å². The number of hydrazine groups is 1. The first-order valence-corrected chi connectivity index (χ1v) is 7.10. The van der Waals surface area contributed by atoms with Crippen molar-refractivity contribution in [2.75, 3.05) is 26.2 Å². The molecule has 118 valence electrons. The molecule has 2 heterocycles. The van der Waals surface area contributed by atoms with E-state index in [4.69, 9.17) is 5.73 Å². The number of benzene rings is 1. The molecule has 1 aromatic carbocycles. The number of rotatable bonds is 3. The minimum Gasteiger partial charge on any atom is -0.369 e. The van der Waals surface area contributed by atoms with E-state index in [1.165, 1.54) is 12.0 Å². The SMILES string of the molecule is Cl.Cl.NC(=O)C1CCN(N2CCC2)CC1c1ccccc1. The van der Waals surface area contributed by atoms with Gasteiger partial charge >= 0.3 is 0 Å². The van der Waals surface area contributed by atoms with E-state index in [1.807, 2.05) is 18.2 Å². The average Bonchev–Trinajstić information content (AvgIpc) is 2.37. The third kappa shape index (κ3) is 3.89. The maximum absolute atomic E-state index is 11.7. The predicted molar refractivity (Wildman–Crippen MR) is 88.7 cm³/mol. The summed E-state index contributed by atoms with van der Waals surface area (Å²) in [4.78, 5) is 11.7. The van der Waals surface area contributed by atoms with Gasteiger partial charge in [-0.1, -0.05) is 30.3 Å². The lowest BCUT2D eigenvalue weighted by molar-refractivity contribution is -0.130. The van der Waals surface area contributed by atoms with Gasteiger partial charge in [-0.2, -0.15) is 0 Å². The van der Waals surface area contributed by atoms with E-state index < -0.39 is 0 Å². The molecule has 2 N–H and O–H groups in total. The third-order valence-corrected chi connectivity index (χ3v) is 4.42. The van der Waals surface area contributed by atoms with E-state index in [0.717, 1.165) is 32.6 Å². The zero-order chi connectivity index (χ0) is 13.2. The Hall–Kier alpha value is -0.810. The quantitative estimate of drug-likeness (QED) is 0.922. The second-order valence-corrected chi connectivity index (χ2v) is 5.53. The van der Waals surface area contributed by atoms with Crippen molar-refractivity contribution in [3.05, 3.63) is 35.9 Å². The van der Waals surface area contributed by atoms with Crippen molar-refractivity contribution in [2.45, 2.75) is 18.8 Å². The van der Waals surface area contributed by atoms with Crippen LogP contribution in [0.25, 0.3) is 0 Å². The number of primary amides is 1. The van der Waals surface area contributed by atoms with E-state index in [-0.39, 0.29) is 42.6 Å². The largest absolute Gasteiger partial charge is 0.369 e. The molecule has 0 saturated carbocycles. The average molecular weight is 332 g/mol. The van der Waals surface area contributed by atoms with Gasteiger partial charge in [0.1, 0.15) is 0 Å². The van der Waals surface area contributed by atoms with E-state index in [0.29, 0.717) is 0 Å². The molecule has 0 aliphatic carbocycles. The Labute approximate surface area is 138 Å². The van der Waals surface area contributed by atoms with Gasteiger partial charge in [0.05, 0.1) is 0 Å². The summed E-state index contributed by atoms with van der Waals surface area (Å²) in [6, 6.07) is 10.3. The van der Waals surface area contributed by atoms with Crippen molar-refractivity contribution in [1.82, 2.24) is 10.0 Å². The Balaban J connectivity index is 0.00000110. The Morgan fingerprint density at radius 1 is 1.05 bits per heavy atom. The van der Waals surface area contributed by atoms with Gasteiger partial charge in [-0.05, 0) is 18.4 Å². The second-order valence-electron chi connectivity index (χ2n) is 5.53.